The Morgan fingerprint density at radius 1 is 0.977 bits per heavy atom. The fraction of sp³-hybridized carbons (Fsp3) is 0.438. The normalized spacial score (nSPS) is 15.4. The summed E-state index contributed by atoms with van der Waals surface area (Å²) in [5.41, 5.74) is 1.50. The number of likely N-dealkylation sites (N-methyl/N-ethyl adjacent to an activating group) is 1. The van der Waals surface area contributed by atoms with Crippen molar-refractivity contribution in [2.75, 3.05) is 58.4 Å². The van der Waals surface area contributed by atoms with Crippen LogP contribution in [0.4, 0.5) is 18.9 Å². The van der Waals surface area contributed by atoms with E-state index in [2.05, 4.69) is 16.0 Å². The van der Waals surface area contributed by atoms with Gasteiger partial charge in [0.1, 0.15) is 6.04 Å². The van der Waals surface area contributed by atoms with Crippen molar-refractivity contribution in [2.45, 2.75) is 38.1 Å². The lowest BCUT2D eigenvalue weighted by molar-refractivity contribution is -0.137. The number of anilines is 1. The number of nitrogens with zero attached hydrogens (tertiary/aromatic N) is 2. The number of hydrogen-bond acceptors (Lipinski definition) is 6. The summed E-state index contributed by atoms with van der Waals surface area (Å²) < 4.78 is 45.7. The van der Waals surface area contributed by atoms with Gasteiger partial charge in [0.25, 0.3) is 0 Å². The molecular weight excluding hydrogens is 559 g/mol. The van der Waals surface area contributed by atoms with Crippen molar-refractivity contribution in [3.8, 4) is 0 Å². The van der Waals surface area contributed by atoms with Crippen LogP contribution < -0.4 is 20.9 Å². The molecule has 1 saturated heterocycles. The van der Waals surface area contributed by atoms with E-state index < -0.39 is 17.8 Å². The topological polar surface area (TPSA) is 85.9 Å². The molecule has 232 valence electrons. The van der Waals surface area contributed by atoms with Crippen LogP contribution in [0.3, 0.4) is 0 Å². The SMILES string of the molecule is CNCC(=O)N[C@H](Cc1cccc2ccccc12)C(=O)N1CCN(c2ccc(C(F)(F)F)cc2CNC(C)COC)CC1. The molecule has 0 radical (unpaired) electrons. The van der Waals surface area contributed by atoms with Gasteiger partial charge in [-0.2, -0.15) is 13.2 Å². The average molecular weight is 600 g/mol. The number of rotatable bonds is 12. The van der Waals surface area contributed by atoms with Crippen molar-refractivity contribution in [3.05, 3.63) is 77.4 Å². The molecule has 4 rings (SSSR count). The molecule has 0 spiro atoms. The van der Waals surface area contributed by atoms with Gasteiger partial charge in [0.2, 0.25) is 11.8 Å². The molecule has 8 nitrogen and oxygen atoms in total. The van der Waals surface area contributed by atoms with E-state index in [0.717, 1.165) is 22.4 Å². The van der Waals surface area contributed by atoms with Crippen LogP contribution in [0, 0.1) is 0 Å². The zero-order valence-corrected chi connectivity index (χ0v) is 24.8. The van der Waals surface area contributed by atoms with Crippen molar-refractivity contribution < 1.29 is 27.5 Å². The minimum Gasteiger partial charge on any atom is -0.383 e. The molecular formula is C32H40F3N5O3. The second-order valence-corrected chi connectivity index (χ2v) is 10.9. The average Bonchev–Trinajstić information content (AvgIpc) is 2.99. The molecule has 0 aromatic heterocycles. The van der Waals surface area contributed by atoms with Gasteiger partial charge in [-0.3, -0.25) is 9.59 Å². The number of amides is 2. The van der Waals surface area contributed by atoms with Gasteiger partial charge >= 0.3 is 6.18 Å². The van der Waals surface area contributed by atoms with Crippen LogP contribution in [0.2, 0.25) is 0 Å². The number of nitrogens with one attached hydrogen (secondary N) is 3. The van der Waals surface area contributed by atoms with Gasteiger partial charge in [0, 0.05) is 58.0 Å². The quantitative estimate of drug-likeness (QED) is 0.295. The molecule has 3 aromatic rings. The van der Waals surface area contributed by atoms with E-state index in [0.29, 0.717) is 50.5 Å². The van der Waals surface area contributed by atoms with E-state index in [1.807, 2.05) is 54.3 Å². The summed E-state index contributed by atoms with van der Waals surface area (Å²) >= 11 is 0. The smallest absolute Gasteiger partial charge is 0.383 e. The number of methoxy groups -OCH3 is 1. The molecule has 1 aliphatic rings. The molecule has 1 fully saturated rings. The van der Waals surface area contributed by atoms with Crippen molar-refractivity contribution in [1.29, 1.82) is 0 Å². The van der Waals surface area contributed by atoms with E-state index in [1.165, 1.54) is 12.1 Å². The molecule has 2 amide bonds. The lowest BCUT2D eigenvalue weighted by Crippen LogP contribution is -2.56. The molecule has 1 unspecified atom stereocenters. The molecule has 11 heteroatoms. The van der Waals surface area contributed by atoms with E-state index in [4.69, 9.17) is 4.74 Å². The molecule has 3 N–H and O–H groups in total. The molecule has 43 heavy (non-hydrogen) atoms. The molecule has 0 saturated carbocycles. The zero-order valence-electron chi connectivity index (χ0n) is 24.8. The van der Waals surface area contributed by atoms with Crippen LogP contribution in [-0.4, -0.2) is 82.3 Å². The van der Waals surface area contributed by atoms with Crippen LogP contribution in [-0.2, 0) is 33.5 Å². The van der Waals surface area contributed by atoms with Crippen molar-refractivity contribution >= 4 is 28.3 Å². The monoisotopic (exact) mass is 599 g/mol. The molecule has 1 aliphatic heterocycles. The molecule has 2 atom stereocenters. The van der Waals surface area contributed by atoms with E-state index in [-0.39, 0.29) is 30.9 Å². The number of fused-ring (bicyclic) bond motifs is 1. The Morgan fingerprint density at radius 2 is 1.70 bits per heavy atom. The number of carbonyl (C=O) groups excluding carboxylic acids is 2. The fourth-order valence-corrected chi connectivity index (χ4v) is 5.49. The van der Waals surface area contributed by atoms with Gasteiger partial charge in [-0.1, -0.05) is 42.5 Å². The fourth-order valence-electron chi connectivity index (χ4n) is 5.49. The molecule has 0 bridgehead atoms. The highest BCUT2D eigenvalue weighted by Crippen LogP contribution is 2.33. The second kappa shape index (κ2) is 14.7. The Labute approximate surface area is 250 Å². The zero-order chi connectivity index (χ0) is 31.0. The Bertz CT molecular complexity index is 1390. The van der Waals surface area contributed by atoms with Crippen LogP contribution in [0.25, 0.3) is 10.8 Å². The number of benzene rings is 3. The third kappa shape index (κ3) is 8.46. The van der Waals surface area contributed by atoms with Crippen LogP contribution in [0.15, 0.2) is 60.7 Å². The van der Waals surface area contributed by atoms with Crippen molar-refractivity contribution in [2.24, 2.45) is 0 Å². The first-order chi connectivity index (χ1) is 20.6. The minimum atomic E-state index is -4.45. The standard InChI is InChI=1S/C32H40F3N5O3/c1-22(21-43-3)37-19-25-17-26(32(33,34)35)11-12-29(25)39-13-15-40(16-14-39)31(42)28(38-30(41)20-36-2)18-24-9-6-8-23-7-4-5-10-27(23)24/h4-12,17,22,28,36-37H,13-16,18-21H2,1-3H3,(H,38,41)/t22?,28-/m1/s1. The highest BCUT2D eigenvalue weighted by atomic mass is 19.4. The lowest BCUT2D eigenvalue weighted by atomic mass is 9.98. The summed E-state index contributed by atoms with van der Waals surface area (Å²) in [7, 11) is 3.25. The summed E-state index contributed by atoms with van der Waals surface area (Å²) in [6, 6.07) is 16.9. The number of alkyl halides is 3. The first-order valence-electron chi connectivity index (χ1n) is 14.5. The number of piperazine rings is 1. The van der Waals surface area contributed by atoms with Crippen LogP contribution >= 0.6 is 0 Å². The molecule has 1 heterocycles. The second-order valence-electron chi connectivity index (χ2n) is 10.9. The highest BCUT2D eigenvalue weighted by Gasteiger charge is 2.33. The van der Waals surface area contributed by atoms with E-state index >= 15 is 0 Å². The van der Waals surface area contributed by atoms with Gasteiger partial charge in [-0.25, -0.2) is 0 Å². The summed E-state index contributed by atoms with van der Waals surface area (Å²) in [6.45, 7) is 4.31. The summed E-state index contributed by atoms with van der Waals surface area (Å²) in [6.07, 6.45) is -4.11. The highest BCUT2D eigenvalue weighted by molar-refractivity contribution is 5.90. The Morgan fingerprint density at radius 3 is 2.40 bits per heavy atom. The summed E-state index contributed by atoms with van der Waals surface area (Å²) in [5, 5.41) is 11.0. The molecule has 0 aliphatic carbocycles. The predicted molar refractivity (Wildman–Crippen MR) is 162 cm³/mol. The Hall–Kier alpha value is -3.67. The van der Waals surface area contributed by atoms with Crippen molar-refractivity contribution in [3.63, 3.8) is 0 Å². The van der Waals surface area contributed by atoms with E-state index in [9.17, 15) is 22.8 Å². The lowest BCUT2D eigenvalue weighted by Gasteiger charge is -2.38. The predicted octanol–water partition coefficient (Wildman–Crippen LogP) is 3.58. The van der Waals surface area contributed by atoms with Gasteiger partial charge in [-0.15, -0.1) is 0 Å². The maximum atomic E-state index is 13.8. The van der Waals surface area contributed by atoms with E-state index in [1.54, 1.807) is 19.1 Å². The Kier molecular flexibility index (Phi) is 11.0. The first-order valence-corrected chi connectivity index (χ1v) is 14.5. The van der Waals surface area contributed by atoms with Gasteiger partial charge in [0.15, 0.2) is 0 Å². The molecule has 3 aromatic carbocycles. The van der Waals surface area contributed by atoms with Gasteiger partial charge < -0.3 is 30.5 Å². The third-order valence-electron chi connectivity index (χ3n) is 7.67. The van der Waals surface area contributed by atoms with Crippen molar-refractivity contribution in [1.82, 2.24) is 20.9 Å². The maximum absolute atomic E-state index is 13.8. The maximum Gasteiger partial charge on any atom is 0.416 e. The van der Waals surface area contributed by atoms with Crippen LogP contribution in [0.1, 0.15) is 23.6 Å². The number of halogens is 3. The van der Waals surface area contributed by atoms with Gasteiger partial charge in [-0.05, 0) is 54.1 Å². The number of hydrogen-bond donors (Lipinski definition) is 3. The summed E-state index contributed by atoms with van der Waals surface area (Å²) in [5.74, 6) is -0.455. The summed E-state index contributed by atoms with van der Waals surface area (Å²) in [4.78, 5) is 30.1. The number of ether oxygens (including phenoxy) is 1. The third-order valence-corrected chi connectivity index (χ3v) is 7.67. The number of carbonyl (C=O) groups is 2. The Balaban J connectivity index is 1.50. The largest absolute Gasteiger partial charge is 0.416 e. The minimum absolute atomic E-state index is 0.0429. The van der Waals surface area contributed by atoms with Crippen LogP contribution in [0.5, 0.6) is 0 Å². The first kappa shape index (κ1) is 32.2. The van der Waals surface area contributed by atoms with Gasteiger partial charge in [0.05, 0.1) is 18.7 Å².